The molecule has 0 rings (SSSR count). The zero-order valence-electron chi connectivity index (χ0n) is 8.60. The molecule has 0 aliphatic rings. The molecule has 0 aromatic carbocycles. The summed E-state index contributed by atoms with van der Waals surface area (Å²) in [5.41, 5.74) is 0. The highest BCUT2D eigenvalue weighted by atomic mass is 16.7. The van der Waals surface area contributed by atoms with Gasteiger partial charge in [-0.3, -0.25) is 4.79 Å². The molecular formula is C9H14O6. The molecule has 2 N–H and O–H groups in total. The van der Waals surface area contributed by atoms with Gasteiger partial charge in [0.2, 0.25) is 0 Å². The highest BCUT2D eigenvalue weighted by Crippen LogP contribution is 2.18. The Hall–Kier alpha value is -1.40. The van der Waals surface area contributed by atoms with Crippen LogP contribution in [-0.2, 0) is 19.1 Å². The number of rotatable bonds is 5. The fourth-order valence-corrected chi connectivity index (χ4v) is 0.796. The van der Waals surface area contributed by atoms with Crippen molar-refractivity contribution >= 4 is 11.9 Å². The molecule has 0 aliphatic carbocycles. The molecular weight excluding hydrogens is 204 g/mol. The van der Waals surface area contributed by atoms with Gasteiger partial charge in [-0.1, -0.05) is 13.5 Å². The second kappa shape index (κ2) is 5.47. The molecule has 2 atom stereocenters. The second-order valence-electron chi connectivity index (χ2n) is 2.79. The SMILES string of the molecule is C=CC(=O)OC(O)C(O)(CC)OC(C)=O. The van der Waals surface area contributed by atoms with Crippen molar-refractivity contribution in [3.05, 3.63) is 12.7 Å². The van der Waals surface area contributed by atoms with Crippen LogP contribution < -0.4 is 0 Å². The van der Waals surface area contributed by atoms with E-state index in [1.807, 2.05) is 0 Å². The Labute approximate surface area is 87.1 Å². The summed E-state index contributed by atoms with van der Waals surface area (Å²) in [6.07, 6.45) is -1.26. The molecule has 6 nitrogen and oxygen atoms in total. The van der Waals surface area contributed by atoms with Gasteiger partial charge in [0, 0.05) is 19.4 Å². The first-order valence-corrected chi connectivity index (χ1v) is 4.28. The lowest BCUT2D eigenvalue weighted by Crippen LogP contribution is -2.47. The van der Waals surface area contributed by atoms with Crippen molar-refractivity contribution < 1.29 is 29.3 Å². The van der Waals surface area contributed by atoms with Crippen molar-refractivity contribution in [3.63, 3.8) is 0 Å². The summed E-state index contributed by atoms with van der Waals surface area (Å²) in [4.78, 5) is 21.3. The molecule has 15 heavy (non-hydrogen) atoms. The first kappa shape index (κ1) is 13.6. The van der Waals surface area contributed by atoms with Crippen LogP contribution in [-0.4, -0.2) is 34.2 Å². The lowest BCUT2D eigenvalue weighted by atomic mass is 10.2. The molecule has 2 unspecified atom stereocenters. The van der Waals surface area contributed by atoms with Gasteiger partial charge >= 0.3 is 11.9 Å². The summed E-state index contributed by atoms with van der Waals surface area (Å²) in [6.45, 7) is 5.62. The Morgan fingerprint density at radius 1 is 1.60 bits per heavy atom. The number of carbonyl (C=O) groups excluding carboxylic acids is 2. The van der Waals surface area contributed by atoms with Gasteiger partial charge in [-0.2, -0.15) is 0 Å². The standard InChI is InChI=1S/C9H14O6/c1-4-7(11)14-8(12)9(13,5-2)15-6(3)10/h4,8,12-13H,1,5H2,2-3H3. The molecule has 0 bridgehead atoms. The minimum atomic E-state index is -2.23. The molecule has 0 amide bonds. The van der Waals surface area contributed by atoms with Crippen LogP contribution in [0.3, 0.4) is 0 Å². The Kier molecular flexibility index (Phi) is 4.96. The van der Waals surface area contributed by atoms with E-state index in [9.17, 15) is 19.8 Å². The Balaban J connectivity index is 4.56. The minimum absolute atomic E-state index is 0.127. The lowest BCUT2D eigenvalue weighted by molar-refractivity contribution is -0.301. The third-order valence-corrected chi connectivity index (χ3v) is 1.61. The third-order valence-electron chi connectivity index (χ3n) is 1.61. The van der Waals surface area contributed by atoms with Crippen LogP contribution in [0, 0.1) is 0 Å². The number of aliphatic hydroxyl groups excluding tert-OH is 1. The van der Waals surface area contributed by atoms with E-state index in [1.165, 1.54) is 6.92 Å². The van der Waals surface area contributed by atoms with Crippen LogP contribution in [0.2, 0.25) is 0 Å². The average molecular weight is 218 g/mol. The van der Waals surface area contributed by atoms with Gasteiger partial charge in [-0.25, -0.2) is 4.79 Å². The van der Waals surface area contributed by atoms with Crippen molar-refractivity contribution in [2.75, 3.05) is 0 Å². The number of esters is 2. The number of carbonyl (C=O) groups is 2. The molecule has 0 heterocycles. The minimum Gasteiger partial charge on any atom is -0.426 e. The largest absolute Gasteiger partial charge is 0.426 e. The molecule has 0 radical (unpaired) electrons. The number of hydrogen-bond donors (Lipinski definition) is 2. The van der Waals surface area contributed by atoms with Crippen molar-refractivity contribution in [3.8, 4) is 0 Å². The molecule has 0 aromatic rings. The summed E-state index contributed by atoms with van der Waals surface area (Å²) >= 11 is 0. The van der Waals surface area contributed by atoms with Gasteiger partial charge in [0.15, 0.2) is 0 Å². The zero-order valence-corrected chi connectivity index (χ0v) is 8.60. The zero-order chi connectivity index (χ0) is 12.1. The van der Waals surface area contributed by atoms with E-state index in [0.29, 0.717) is 0 Å². The monoisotopic (exact) mass is 218 g/mol. The summed E-state index contributed by atoms with van der Waals surface area (Å²) in [6, 6.07) is 0. The van der Waals surface area contributed by atoms with Crippen molar-refractivity contribution in [1.29, 1.82) is 0 Å². The Morgan fingerprint density at radius 2 is 2.13 bits per heavy atom. The van der Waals surface area contributed by atoms with E-state index in [-0.39, 0.29) is 6.42 Å². The first-order valence-electron chi connectivity index (χ1n) is 4.28. The van der Waals surface area contributed by atoms with Gasteiger partial charge in [0.25, 0.3) is 12.1 Å². The average Bonchev–Trinajstić information content (AvgIpc) is 2.16. The first-order chi connectivity index (χ1) is 6.85. The normalized spacial score (nSPS) is 16.0. The Morgan fingerprint density at radius 3 is 2.47 bits per heavy atom. The smallest absolute Gasteiger partial charge is 0.332 e. The highest BCUT2D eigenvalue weighted by molar-refractivity contribution is 5.81. The van der Waals surface area contributed by atoms with Gasteiger partial charge in [-0.15, -0.1) is 0 Å². The summed E-state index contributed by atoms with van der Waals surface area (Å²) in [7, 11) is 0. The third kappa shape index (κ3) is 4.09. The molecule has 86 valence electrons. The van der Waals surface area contributed by atoms with E-state index in [4.69, 9.17) is 0 Å². The van der Waals surface area contributed by atoms with Crippen molar-refractivity contribution in [1.82, 2.24) is 0 Å². The number of hydrogen-bond acceptors (Lipinski definition) is 6. The second-order valence-corrected chi connectivity index (χ2v) is 2.79. The molecule has 0 aliphatic heterocycles. The fraction of sp³-hybridized carbons (Fsp3) is 0.556. The van der Waals surface area contributed by atoms with Crippen molar-refractivity contribution in [2.24, 2.45) is 0 Å². The molecule has 0 fully saturated rings. The number of aliphatic hydroxyl groups is 2. The molecule has 0 saturated carbocycles. The van der Waals surface area contributed by atoms with E-state index >= 15 is 0 Å². The van der Waals surface area contributed by atoms with Crippen LogP contribution in [0.15, 0.2) is 12.7 Å². The van der Waals surface area contributed by atoms with E-state index < -0.39 is 24.0 Å². The van der Waals surface area contributed by atoms with Gasteiger partial charge in [-0.05, 0) is 0 Å². The summed E-state index contributed by atoms with van der Waals surface area (Å²) < 4.78 is 8.78. The van der Waals surface area contributed by atoms with Crippen LogP contribution in [0.4, 0.5) is 0 Å². The van der Waals surface area contributed by atoms with Crippen LogP contribution in [0.1, 0.15) is 20.3 Å². The maximum atomic E-state index is 10.7. The van der Waals surface area contributed by atoms with Gasteiger partial charge < -0.3 is 19.7 Å². The van der Waals surface area contributed by atoms with E-state index in [1.54, 1.807) is 0 Å². The summed E-state index contributed by atoms with van der Waals surface area (Å²) in [5.74, 6) is -3.96. The van der Waals surface area contributed by atoms with Gasteiger partial charge in [0.1, 0.15) is 0 Å². The van der Waals surface area contributed by atoms with E-state index in [0.717, 1.165) is 13.0 Å². The quantitative estimate of drug-likeness (QED) is 0.373. The van der Waals surface area contributed by atoms with Crippen LogP contribution in [0.25, 0.3) is 0 Å². The lowest BCUT2D eigenvalue weighted by Gasteiger charge is -2.29. The molecule has 0 saturated heterocycles. The van der Waals surface area contributed by atoms with E-state index in [2.05, 4.69) is 16.1 Å². The van der Waals surface area contributed by atoms with Crippen molar-refractivity contribution in [2.45, 2.75) is 32.3 Å². The van der Waals surface area contributed by atoms with Crippen LogP contribution >= 0.6 is 0 Å². The van der Waals surface area contributed by atoms with Gasteiger partial charge in [0.05, 0.1) is 0 Å². The Bertz CT molecular complexity index is 261. The molecule has 6 heteroatoms. The fourth-order valence-electron chi connectivity index (χ4n) is 0.796. The predicted molar refractivity (Wildman–Crippen MR) is 49.3 cm³/mol. The predicted octanol–water partition coefficient (Wildman–Crippen LogP) is -0.304. The highest BCUT2D eigenvalue weighted by Gasteiger charge is 2.40. The number of ether oxygens (including phenoxy) is 2. The molecule has 0 aromatic heterocycles. The maximum Gasteiger partial charge on any atom is 0.332 e. The topological polar surface area (TPSA) is 93.1 Å². The molecule has 0 spiro atoms. The maximum absolute atomic E-state index is 10.7. The van der Waals surface area contributed by atoms with Crippen LogP contribution in [0.5, 0.6) is 0 Å². The summed E-state index contributed by atoms with van der Waals surface area (Å²) in [5, 5.41) is 18.9.